The lowest BCUT2D eigenvalue weighted by molar-refractivity contribution is 0.818. The summed E-state index contributed by atoms with van der Waals surface area (Å²) in [5, 5.41) is 0. The fourth-order valence-electron chi connectivity index (χ4n) is 0.690. The topological polar surface area (TPSA) is 26.0 Å². The standard InChI is InChI=1S/C8H10N/c1-7(9)8-5-3-2-4-6-8/h2-3,5-7H,9H2,1H3. The minimum atomic E-state index is 0.127. The van der Waals surface area contributed by atoms with Crippen molar-refractivity contribution in [2.45, 2.75) is 13.0 Å². The van der Waals surface area contributed by atoms with Gasteiger partial charge in [0.05, 0.1) is 0 Å². The zero-order chi connectivity index (χ0) is 6.69. The van der Waals surface area contributed by atoms with Crippen molar-refractivity contribution >= 4 is 0 Å². The van der Waals surface area contributed by atoms with Gasteiger partial charge in [-0.2, -0.15) is 0 Å². The van der Waals surface area contributed by atoms with E-state index in [4.69, 9.17) is 5.73 Å². The maximum Gasteiger partial charge on any atom is 0.0266 e. The summed E-state index contributed by atoms with van der Waals surface area (Å²) in [5.74, 6) is 0. The van der Waals surface area contributed by atoms with Crippen LogP contribution < -0.4 is 5.73 Å². The summed E-state index contributed by atoms with van der Waals surface area (Å²) in [6.45, 7) is 1.96. The van der Waals surface area contributed by atoms with Crippen molar-refractivity contribution in [3.05, 3.63) is 35.9 Å². The Morgan fingerprint density at radius 2 is 2.44 bits per heavy atom. The maximum absolute atomic E-state index is 5.59. The molecule has 1 aromatic rings. The van der Waals surface area contributed by atoms with E-state index in [1.807, 2.05) is 31.2 Å². The molecule has 0 bridgehead atoms. The van der Waals surface area contributed by atoms with Crippen molar-refractivity contribution < 1.29 is 0 Å². The minimum Gasteiger partial charge on any atom is -0.324 e. The molecule has 0 heterocycles. The van der Waals surface area contributed by atoms with Crippen LogP contribution in [-0.2, 0) is 0 Å². The number of hydrogen-bond donors (Lipinski definition) is 1. The molecule has 9 heavy (non-hydrogen) atoms. The van der Waals surface area contributed by atoms with Crippen molar-refractivity contribution in [3.63, 3.8) is 0 Å². The fraction of sp³-hybridized carbons (Fsp3) is 0.250. The lowest BCUT2D eigenvalue weighted by Gasteiger charge is -2.01. The molecule has 0 aromatic heterocycles. The maximum atomic E-state index is 5.59. The van der Waals surface area contributed by atoms with Gasteiger partial charge in [0.25, 0.3) is 0 Å². The molecule has 1 aromatic carbocycles. The van der Waals surface area contributed by atoms with Gasteiger partial charge in [-0.05, 0) is 24.6 Å². The largest absolute Gasteiger partial charge is 0.324 e. The van der Waals surface area contributed by atoms with Gasteiger partial charge in [0.1, 0.15) is 0 Å². The van der Waals surface area contributed by atoms with E-state index in [1.165, 1.54) is 0 Å². The Balaban J connectivity index is 2.85. The fourth-order valence-corrected chi connectivity index (χ4v) is 0.690. The van der Waals surface area contributed by atoms with E-state index in [-0.39, 0.29) is 6.04 Å². The molecule has 1 rings (SSSR count). The number of benzene rings is 1. The second-order valence-corrected chi connectivity index (χ2v) is 2.13. The molecule has 2 N–H and O–H groups in total. The third kappa shape index (κ3) is 1.54. The van der Waals surface area contributed by atoms with E-state index in [2.05, 4.69) is 6.07 Å². The molecule has 1 nitrogen and oxygen atoms in total. The number of nitrogens with two attached hydrogens (primary N) is 1. The zero-order valence-corrected chi connectivity index (χ0v) is 5.46. The summed E-state index contributed by atoms with van der Waals surface area (Å²) >= 11 is 0. The molecule has 0 saturated heterocycles. The Bertz CT molecular complexity index is 167. The molecular weight excluding hydrogens is 110 g/mol. The van der Waals surface area contributed by atoms with Crippen molar-refractivity contribution in [1.82, 2.24) is 0 Å². The van der Waals surface area contributed by atoms with Crippen LogP contribution in [0.4, 0.5) is 0 Å². The molecule has 0 fully saturated rings. The summed E-state index contributed by atoms with van der Waals surface area (Å²) in [6.07, 6.45) is 0. The van der Waals surface area contributed by atoms with E-state index < -0.39 is 0 Å². The molecule has 1 atom stereocenters. The summed E-state index contributed by atoms with van der Waals surface area (Å²) in [6, 6.07) is 10.8. The van der Waals surface area contributed by atoms with Gasteiger partial charge in [0.15, 0.2) is 0 Å². The lowest BCUT2D eigenvalue weighted by atomic mass is 10.1. The molecule has 0 amide bonds. The quantitative estimate of drug-likeness (QED) is 0.597. The highest BCUT2D eigenvalue weighted by Crippen LogP contribution is 2.05. The van der Waals surface area contributed by atoms with Crippen LogP contribution in [0.2, 0.25) is 0 Å². The molecule has 1 heteroatoms. The lowest BCUT2D eigenvalue weighted by Crippen LogP contribution is -2.03. The van der Waals surface area contributed by atoms with Crippen molar-refractivity contribution in [3.8, 4) is 0 Å². The summed E-state index contributed by atoms with van der Waals surface area (Å²) < 4.78 is 0. The second kappa shape index (κ2) is 2.65. The van der Waals surface area contributed by atoms with Crippen LogP contribution in [0, 0.1) is 6.07 Å². The van der Waals surface area contributed by atoms with Crippen molar-refractivity contribution in [2.75, 3.05) is 0 Å². The van der Waals surface area contributed by atoms with Gasteiger partial charge in [-0.15, -0.1) is 0 Å². The Morgan fingerprint density at radius 3 is 2.78 bits per heavy atom. The SMILES string of the molecule is CC(N)c1c[c]ccc1. The van der Waals surface area contributed by atoms with Crippen LogP contribution >= 0.6 is 0 Å². The average Bonchev–Trinajstić information content (AvgIpc) is 1.90. The number of hydrogen-bond acceptors (Lipinski definition) is 1. The van der Waals surface area contributed by atoms with Gasteiger partial charge >= 0.3 is 0 Å². The van der Waals surface area contributed by atoms with Crippen LogP contribution in [0.3, 0.4) is 0 Å². The van der Waals surface area contributed by atoms with Gasteiger partial charge in [-0.1, -0.05) is 18.2 Å². The Labute approximate surface area is 55.5 Å². The van der Waals surface area contributed by atoms with Gasteiger partial charge in [0, 0.05) is 6.04 Å². The van der Waals surface area contributed by atoms with Crippen LogP contribution in [0.5, 0.6) is 0 Å². The monoisotopic (exact) mass is 120 g/mol. The van der Waals surface area contributed by atoms with E-state index in [9.17, 15) is 0 Å². The van der Waals surface area contributed by atoms with E-state index in [0.717, 1.165) is 5.56 Å². The molecule has 0 saturated carbocycles. The highest BCUT2D eigenvalue weighted by molar-refractivity contribution is 5.16. The predicted octanol–water partition coefficient (Wildman–Crippen LogP) is 1.51. The second-order valence-electron chi connectivity index (χ2n) is 2.13. The minimum absolute atomic E-state index is 0.127. The Morgan fingerprint density at radius 1 is 1.67 bits per heavy atom. The molecule has 0 spiro atoms. The molecule has 47 valence electrons. The molecule has 0 aliphatic rings. The Kier molecular flexibility index (Phi) is 1.85. The van der Waals surface area contributed by atoms with Gasteiger partial charge in [-0.25, -0.2) is 0 Å². The Hall–Kier alpha value is -0.820. The van der Waals surface area contributed by atoms with E-state index in [1.54, 1.807) is 0 Å². The van der Waals surface area contributed by atoms with Crippen LogP contribution in [0.25, 0.3) is 0 Å². The molecule has 1 radical (unpaired) electrons. The first kappa shape index (κ1) is 6.30. The highest BCUT2D eigenvalue weighted by atomic mass is 14.6. The van der Waals surface area contributed by atoms with Crippen molar-refractivity contribution in [1.29, 1.82) is 0 Å². The average molecular weight is 120 g/mol. The summed E-state index contributed by atoms with van der Waals surface area (Å²) in [5.41, 5.74) is 6.73. The van der Waals surface area contributed by atoms with Crippen LogP contribution in [0.15, 0.2) is 24.3 Å². The van der Waals surface area contributed by atoms with E-state index >= 15 is 0 Å². The third-order valence-electron chi connectivity index (χ3n) is 1.26. The van der Waals surface area contributed by atoms with E-state index in [0.29, 0.717) is 0 Å². The first-order chi connectivity index (χ1) is 4.30. The predicted molar refractivity (Wildman–Crippen MR) is 37.9 cm³/mol. The van der Waals surface area contributed by atoms with Gasteiger partial charge in [0.2, 0.25) is 0 Å². The highest BCUT2D eigenvalue weighted by Gasteiger charge is 1.93. The molecular formula is C8H10N. The first-order valence-corrected chi connectivity index (χ1v) is 3.02. The number of rotatable bonds is 1. The molecule has 0 aliphatic carbocycles. The normalized spacial score (nSPS) is 13.1. The smallest absolute Gasteiger partial charge is 0.0266 e. The first-order valence-electron chi connectivity index (χ1n) is 3.02. The van der Waals surface area contributed by atoms with Crippen LogP contribution in [-0.4, -0.2) is 0 Å². The van der Waals surface area contributed by atoms with Crippen LogP contribution in [0.1, 0.15) is 18.5 Å². The summed E-state index contributed by atoms with van der Waals surface area (Å²) in [7, 11) is 0. The molecule has 0 aliphatic heterocycles. The zero-order valence-electron chi connectivity index (χ0n) is 5.46. The van der Waals surface area contributed by atoms with Crippen molar-refractivity contribution in [2.24, 2.45) is 5.73 Å². The molecule has 1 unspecified atom stereocenters. The summed E-state index contributed by atoms with van der Waals surface area (Å²) in [4.78, 5) is 0. The van der Waals surface area contributed by atoms with Gasteiger partial charge < -0.3 is 5.73 Å². The third-order valence-corrected chi connectivity index (χ3v) is 1.26. The van der Waals surface area contributed by atoms with Gasteiger partial charge in [-0.3, -0.25) is 0 Å².